The maximum atomic E-state index is 13.6. The fourth-order valence-electron chi connectivity index (χ4n) is 6.55. The number of halogens is 2. The minimum absolute atomic E-state index is 0.0294. The van der Waals surface area contributed by atoms with Gasteiger partial charge in [-0.2, -0.15) is 9.97 Å². The van der Waals surface area contributed by atoms with Gasteiger partial charge in [0, 0.05) is 35.1 Å². The van der Waals surface area contributed by atoms with Gasteiger partial charge in [0.25, 0.3) is 5.91 Å². The molecule has 5 heterocycles. The third-order valence-corrected chi connectivity index (χ3v) is 9.10. The monoisotopic (exact) mass is 572 g/mol. The number of hydrogen-bond acceptors (Lipinski definition) is 7. The van der Waals surface area contributed by atoms with Crippen molar-refractivity contribution < 1.29 is 13.9 Å². The van der Waals surface area contributed by atoms with Crippen molar-refractivity contribution in [1.82, 2.24) is 24.8 Å². The first-order valence-electron chi connectivity index (χ1n) is 14.0. The highest BCUT2D eigenvalue weighted by Gasteiger charge is 2.50. The van der Waals surface area contributed by atoms with Crippen molar-refractivity contribution in [3.63, 3.8) is 0 Å². The summed E-state index contributed by atoms with van der Waals surface area (Å²) < 4.78 is 19.8. The summed E-state index contributed by atoms with van der Waals surface area (Å²) in [5.41, 5.74) is 2.20. The Morgan fingerprint density at radius 1 is 1.07 bits per heavy atom. The Morgan fingerprint density at radius 2 is 1.90 bits per heavy atom. The van der Waals surface area contributed by atoms with E-state index in [1.807, 2.05) is 48.5 Å². The molecule has 0 bridgehead atoms. The second-order valence-corrected chi connectivity index (χ2v) is 11.5. The van der Waals surface area contributed by atoms with Gasteiger partial charge < -0.3 is 19.4 Å². The van der Waals surface area contributed by atoms with Crippen molar-refractivity contribution >= 4 is 45.1 Å². The number of nitrogens with zero attached hydrogens (tertiary/aromatic N) is 6. The van der Waals surface area contributed by atoms with Gasteiger partial charge in [-0.3, -0.25) is 4.79 Å². The average Bonchev–Trinajstić information content (AvgIpc) is 3.52. The van der Waals surface area contributed by atoms with E-state index in [1.165, 1.54) is 0 Å². The molecule has 7 rings (SSSR count). The summed E-state index contributed by atoms with van der Waals surface area (Å²) in [5, 5.41) is 3.43. The molecule has 4 aromatic rings. The molecule has 210 valence electrons. The van der Waals surface area contributed by atoms with Crippen LogP contribution in [-0.4, -0.2) is 82.1 Å². The molecule has 3 aliphatic rings. The molecular weight excluding hydrogens is 543 g/mol. The number of carbonyl (C=O) groups excluding carboxylic acids is 1. The predicted octanol–water partition coefficient (Wildman–Crippen LogP) is 5.24. The van der Waals surface area contributed by atoms with Crippen LogP contribution in [0.4, 0.5) is 10.2 Å². The fourth-order valence-corrected chi connectivity index (χ4v) is 6.83. The molecule has 2 aromatic carbocycles. The smallest absolute Gasteiger partial charge is 0.320 e. The summed E-state index contributed by atoms with van der Waals surface area (Å²) in [6, 6.07) is 16.4. The van der Waals surface area contributed by atoms with Gasteiger partial charge in [0.15, 0.2) is 11.5 Å². The number of hydrogen-bond donors (Lipinski definition) is 0. The first-order valence-corrected chi connectivity index (χ1v) is 14.4. The van der Waals surface area contributed by atoms with E-state index in [1.54, 1.807) is 4.90 Å². The van der Waals surface area contributed by atoms with Crippen molar-refractivity contribution in [2.45, 2.75) is 37.4 Å². The van der Waals surface area contributed by atoms with Gasteiger partial charge in [0.2, 0.25) is 0 Å². The Bertz CT molecular complexity index is 1690. The molecular formula is C31H30ClFN6O2. The molecule has 3 fully saturated rings. The van der Waals surface area contributed by atoms with E-state index in [9.17, 15) is 9.18 Å². The summed E-state index contributed by atoms with van der Waals surface area (Å²) in [7, 11) is 2.11. The maximum absolute atomic E-state index is 13.6. The summed E-state index contributed by atoms with van der Waals surface area (Å²) in [6.07, 6.45) is 2.93. The van der Waals surface area contributed by atoms with Crippen LogP contribution in [0.25, 0.3) is 33.1 Å². The molecule has 0 aliphatic carbocycles. The highest BCUT2D eigenvalue weighted by atomic mass is 35.5. The summed E-state index contributed by atoms with van der Waals surface area (Å²) in [5.74, 6) is -0.835. The number of amides is 1. The number of rotatable bonds is 6. The van der Waals surface area contributed by atoms with Crippen LogP contribution >= 0.6 is 11.6 Å². The van der Waals surface area contributed by atoms with Crippen molar-refractivity contribution in [3.8, 4) is 17.3 Å². The lowest BCUT2D eigenvalue weighted by atomic mass is 9.96. The molecule has 3 atom stereocenters. The summed E-state index contributed by atoms with van der Waals surface area (Å²) in [4.78, 5) is 33.0. The second-order valence-electron chi connectivity index (χ2n) is 11.1. The first-order chi connectivity index (χ1) is 19.9. The largest absolute Gasteiger partial charge is 0.462 e. The molecule has 41 heavy (non-hydrogen) atoms. The number of ether oxygens (including phenoxy) is 1. The zero-order chi connectivity index (χ0) is 28.2. The van der Waals surface area contributed by atoms with E-state index in [2.05, 4.69) is 23.4 Å². The van der Waals surface area contributed by atoms with Crippen LogP contribution in [0.15, 0.2) is 60.9 Å². The van der Waals surface area contributed by atoms with Crippen molar-refractivity contribution in [3.05, 3.63) is 66.0 Å². The molecule has 0 saturated carbocycles. The highest BCUT2D eigenvalue weighted by Crippen LogP contribution is 2.40. The van der Waals surface area contributed by atoms with Crippen LogP contribution in [0.2, 0.25) is 5.02 Å². The third kappa shape index (κ3) is 4.48. The van der Waals surface area contributed by atoms with Crippen LogP contribution in [0.1, 0.15) is 19.3 Å². The molecule has 0 N–H and O–H groups in total. The van der Waals surface area contributed by atoms with Gasteiger partial charge in [-0.25, -0.2) is 9.37 Å². The molecule has 1 amide bonds. The van der Waals surface area contributed by atoms with E-state index in [0.717, 1.165) is 59.0 Å². The SMILES string of the molecule is C=C(F)C(=O)N1CCC2C1CN2c1nc(OC[C@@H]2CCCN2C)nc2nc(-c3cccc4cccc(Cl)c34)ccc12. The molecule has 3 saturated heterocycles. The van der Waals surface area contributed by atoms with Crippen molar-refractivity contribution in [1.29, 1.82) is 0 Å². The third-order valence-electron chi connectivity index (χ3n) is 8.78. The number of likely N-dealkylation sites (N-methyl/N-ethyl adjacent to an activating group) is 1. The number of carbonyl (C=O) groups is 1. The standard InChI is InChI=1S/C31H30ClFN6O2/c1-18(33)30(40)38-15-13-25-26(38)16-39(25)29-22-11-12-24(21-9-3-6-19-7-4-10-23(32)27(19)21)34-28(22)35-31(36-29)41-17-20-8-5-14-37(20)2/h3-4,6-7,9-12,20,25-26H,1,5,8,13-17H2,2H3/t20-,25?,26?/m0/s1. The Labute approximate surface area is 242 Å². The maximum Gasteiger partial charge on any atom is 0.320 e. The lowest BCUT2D eigenvalue weighted by molar-refractivity contribution is -0.130. The van der Waals surface area contributed by atoms with Gasteiger partial charge >= 0.3 is 6.01 Å². The normalized spacial score (nSPS) is 22.3. The van der Waals surface area contributed by atoms with E-state index < -0.39 is 11.7 Å². The molecule has 0 spiro atoms. The van der Waals surface area contributed by atoms with Crippen LogP contribution in [0, 0.1) is 0 Å². The molecule has 3 aliphatic heterocycles. The van der Waals surface area contributed by atoms with Gasteiger partial charge in [0.05, 0.1) is 23.2 Å². The molecule has 2 aromatic heterocycles. The topological polar surface area (TPSA) is 74.7 Å². The molecule has 2 unspecified atom stereocenters. The van der Waals surface area contributed by atoms with Crippen LogP contribution in [-0.2, 0) is 4.79 Å². The Kier molecular flexibility index (Phi) is 6.51. The first kappa shape index (κ1) is 26.1. The van der Waals surface area contributed by atoms with Crippen LogP contribution < -0.4 is 9.64 Å². The molecule has 0 radical (unpaired) electrons. The van der Waals surface area contributed by atoms with Gasteiger partial charge in [-0.15, -0.1) is 0 Å². The lowest BCUT2D eigenvalue weighted by Gasteiger charge is -2.47. The number of aromatic nitrogens is 3. The van der Waals surface area contributed by atoms with E-state index in [4.69, 9.17) is 31.3 Å². The number of benzene rings is 2. The lowest BCUT2D eigenvalue weighted by Crippen LogP contribution is -2.63. The molecule has 10 heteroatoms. The second kappa shape index (κ2) is 10.2. The van der Waals surface area contributed by atoms with Crippen LogP contribution in [0.5, 0.6) is 6.01 Å². The highest BCUT2D eigenvalue weighted by molar-refractivity contribution is 6.36. The number of anilines is 1. The number of fused-ring (bicyclic) bond motifs is 3. The minimum atomic E-state index is -0.922. The number of pyridine rings is 1. The zero-order valence-corrected chi connectivity index (χ0v) is 23.5. The van der Waals surface area contributed by atoms with E-state index in [0.29, 0.717) is 36.4 Å². The fraction of sp³-hybridized carbons (Fsp3) is 0.355. The Hall–Kier alpha value is -3.82. The van der Waals surface area contributed by atoms with Crippen LogP contribution in [0.3, 0.4) is 0 Å². The van der Waals surface area contributed by atoms with Gasteiger partial charge in [0.1, 0.15) is 12.4 Å². The quantitative estimate of drug-likeness (QED) is 0.292. The Morgan fingerprint density at radius 3 is 2.68 bits per heavy atom. The molecule has 8 nitrogen and oxygen atoms in total. The van der Waals surface area contributed by atoms with Gasteiger partial charge in [-0.05, 0) is 56.4 Å². The summed E-state index contributed by atoms with van der Waals surface area (Å²) >= 11 is 6.63. The predicted molar refractivity (Wildman–Crippen MR) is 158 cm³/mol. The number of likely N-dealkylation sites (tertiary alicyclic amines) is 2. The van der Waals surface area contributed by atoms with E-state index >= 15 is 0 Å². The van der Waals surface area contributed by atoms with E-state index in [-0.39, 0.29) is 18.1 Å². The van der Waals surface area contributed by atoms with Crippen molar-refractivity contribution in [2.75, 3.05) is 38.2 Å². The Balaban J connectivity index is 1.28. The minimum Gasteiger partial charge on any atom is -0.462 e. The summed E-state index contributed by atoms with van der Waals surface area (Å²) in [6.45, 7) is 5.77. The average molecular weight is 573 g/mol. The van der Waals surface area contributed by atoms with Crippen molar-refractivity contribution in [2.24, 2.45) is 0 Å². The van der Waals surface area contributed by atoms with Gasteiger partial charge in [-0.1, -0.05) is 48.5 Å². The zero-order valence-electron chi connectivity index (χ0n) is 22.8.